The number of anilines is 1. The van der Waals surface area contributed by atoms with Gasteiger partial charge >= 0.3 is 0 Å². The molecule has 1 aliphatic heterocycles. The fourth-order valence-electron chi connectivity index (χ4n) is 4.65. The Balaban J connectivity index is 1.30. The van der Waals surface area contributed by atoms with E-state index in [0.717, 1.165) is 15.3 Å². The zero-order valence-electron chi connectivity index (χ0n) is 18.7. The molecule has 6 rings (SSSR count). The molecule has 11 heteroatoms. The molecule has 6 heterocycles. The van der Waals surface area contributed by atoms with Crippen molar-refractivity contribution >= 4 is 49.7 Å². The van der Waals surface area contributed by atoms with Gasteiger partial charge in [-0.2, -0.15) is 5.10 Å². The van der Waals surface area contributed by atoms with Crippen molar-refractivity contribution in [3.05, 3.63) is 47.3 Å². The normalized spacial score (nSPS) is 19.4. The summed E-state index contributed by atoms with van der Waals surface area (Å²) in [5.41, 5.74) is 2.99. The molecule has 0 radical (unpaired) electrons. The van der Waals surface area contributed by atoms with E-state index in [-0.39, 0.29) is 30.2 Å². The number of aromatic amines is 2. The Bertz CT molecular complexity index is 1570. The highest BCUT2D eigenvalue weighted by Crippen LogP contribution is 2.33. The third-order valence-electron chi connectivity index (χ3n) is 5.93. The molecule has 5 aromatic heterocycles. The van der Waals surface area contributed by atoms with Gasteiger partial charge in [0.2, 0.25) is 5.91 Å². The van der Waals surface area contributed by atoms with Crippen molar-refractivity contribution < 1.29 is 9.53 Å². The average Bonchev–Trinajstić information content (AvgIpc) is 3.48. The van der Waals surface area contributed by atoms with Crippen LogP contribution in [0, 0.1) is 0 Å². The van der Waals surface area contributed by atoms with Crippen LogP contribution in [0.15, 0.2) is 41.7 Å². The average molecular weight is 478 g/mol. The number of H-pyrrole nitrogens is 2. The summed E-state index contributed by atoms with van der Waals surface area (Å²) in [6.07, 6.45) is 7.46. The summed E-state index contributed by atoms with van der Waals surface area (Å²) >= 11 is 1.50. The number of hydrogen-bond acceptors (Lipinski definition) is 7. The van der Waals surface area contributed by atoms with Crippen LogP contribution < -0.4 is 10.9 Å². The number of ether oxygens (including phenoxy) is 1. The van der Waals surface area contributed by atoms with Gasteiger partial charge in [0, 0.05) is 37.2 Å². The quantitative estimate of drug-likeness (QED) is 0.366. The van der Waals surface area contributed by atoms with Gasteiger partial charge < -0.3 is 20.0 Å². The molecule has 34 heavy (non-hydrogen) atoms. The minimum absolute atomic E-state index is 0.0926. The molecule has 1 saturated heterocycles. The molecule has 174 valence electrons. The van der Waals surface area contributed by atoms with E-state index in [0.29, 0.717) is 40.7 Å². The fraction of sp³-hybridized carbons (Fsp3) is 0.304. The SMILES string of the molecule is C[C@H]1CN(CC(=O)Nc2cnc3c(c2)[nH]c(=O)c2c3nn3cc(-c4cc[nH]c4)sc23)C[C@H](C)O1. The molecule has 0 saturated carbocycles. The van der Waals surface area contributed by atoms with Crippen LogP contribution >= 0.6 is 11.3 Å². The first-order chi connectivity index (χ1) is 16.4. The van der Waals surface area contributed by atoms with Gasteiger partial charge in [-0.25, -0.2) is 4.52 Å². The summed E-state index contributed by atoms with van der Waals surface area (Å²) in [7, 11) is 0. The zero-order valence-corrected chi connectivity index (χ0v) is 19.5. The van der Waals surface area contributed by atoms with E-state index in [2.05, 4.69) is 30.3 Å². The molecule has 3 N–H and O–H groups in total. The molecule has 0 aliphatic carbocycles. The highest BCUT2D eigenvalue weighted by atomic mass is 32.1. The van der Waals surface area contributed by atoms with Gasteiger partial charge in [-0.3, -0.25) is 19.5 Å². The first-order valence-corrected chi connectivity index (χ1v) is 11.9. The number of rotatable bonds is 4. The number of carbonyl (C=O) groups is 1. The maximum Gasteiger partial charge on any atom is 0.261 e. The fourth-order valence-corrected chi connectivity index (χ4v) is 5.73. The van der Waals surface area contributed by atoms with Crippen LogP contribution in [0.1, 0.15) is 13.8 Å². The van der Waals surface area contributed by atoms with Crippen molar-refractivity contribution in [2.45, 2.75) is 26.1 Å². The molecule has 1 aliphatic rings. The van der Waals surface area contributed by atoms with Crippen LogP contribution in [0.25, 0.3) is 37.2 Å². The van der Waals surface area contributed by atoms with Crippen molar-refractivity contribution in [1.82, 2.24) is 29.5 Å². The second-order valence-corrected chi connectivity index (χ2v) is 9.77. The van der Waals surface area contributed by atoms with E-state index in [1.54, 1.807) is 16.8 Å². The smallest absolute Gasteiger partial charge is 0.261 e. The largest absolute Gasteiger partial charge is 0.373 e. The Labute approximate surface area is 197 Å². The summed E-state index contributed by atoms with van der Waals surface area (Å²) in [5.74, 6) is -0.134. The lowest BCUT2D eigenvalue weighted by Gasteiger charge is -2.34. The lowest BCUT2D eigenvalue weighted by molar-refractivity contribution is -0.121. The van der Waals surface area contributed by atoms with Gasteiger partial charge in [-0.05, 0) is 26.0 Å². The number of fused-ring (bicyclic) bond motifs is 5. The minimum atomic E-state index is -0.235. The summed E-state index contributed by atoms with van der Waals surface area (Å²) in [6.45, 7) is 5.70. The number of aromatic nitrogens is 5. The van der Waals surface area contributed by atoms with Crippen LogP contribution in [-0.4, -0.2) is 67.2 Å². The molecule has 2 atom stereocenters. The van der Waals surface area contributed by atoms with Crippen molar-refractivity contribution in [3.8, 4) is 10.4 Å². The Morgan fingerprint density at radius 2 is 2.12 bits per heavy atom. The number of nitrogens with one attached hydrogen (secondary N) is 3. The number of pyridine rings is 2. The summed E-state index contributed by atoms with van der Waals surface area (Å²) in [4.78, 5) is 39.9. The Hall–Kier alpha value is -3.54. The number of hydrogen-bond donors (Lipinski definition) is 3. The standard InChI is InChI=1S/C23H23N7O3S/c1-12-8-29(9-13(2)33-12)11-18(31)26-15-5-16-20(25-7-15)21-19(22(32)27-16)23-30(28-21)10-17(34-23)14-3-4-24-6-14/h3-7,10,12-13,24H,8-9,11H2,1-2H3,(H,26,31)(H,27,32)/t12-,13-/m0/s1. The predicted molar refractivity (Wildman–Crippen MR) is 131 cm³/mol. The number of nitrogens with zero attached hydrogens (tertiary/aromatic N) is 4. The maximum absolute atomic E-state index is 13.0. The van der Waals surface area contributed by atoms with Gasteiger partial charge in [0.05, 0.1) is 41.0 Å². The van der Waals surface area contributed by atoms with Crippen molar-refractivity contribution in [2.24, 2.45) is 0 Å². The van der Waals surface area contributed by atoms with Crippen LogP contribution in [0.2, 0.25) is 0 Å². The molecule has 5 aromatic rings. The van der Waals surface area contributed by atoms with Gasteiger partial charge in [0.1, 0.15) is 21.3 Å². The lowest BCUT2D eigenvalue weighted by atomic mass is 10.2. The van der Waals surface area contributed by atoms with E-state index in [9.17, 15) is 9.59 Å². The monoisotopic (exact) mass is 477 g/mol. The Morgan fingerprint density at radius 1 is 1.29 bits per heavy atom. The molecule has 0 unspecified atom stereocenters. The predicted octanol–water partition coefficient (Wildman–Crippen LogP) is 2.83. The number of carbonyl (C=O) groups excluding carboxylic acids is 1. The van der Waals surface area contributed by atoms with E-state index >= 15 is 0 Å². The highest BCUT2D eigenvalue weighted by molar-refractivity contribution is 7.21. The topological polar surface area (TPSA) is 120 Å². The van der Waals surface area contributed by atoms with Crippen LogP contribution in [-0.2, 0) is 9.53 Å². The number of amides is 1. The molecule has 0 bridgehead atoms. The van der Waals surface area contributed by atoms with E-state index < -0.39 is 0 Å². The van der Waals surface area contributed by atoms with Crippen LogP contribution in [0.4, 0.5) is 5.69 Å². The van der Waals surface area contributed by atoms with Crippen LogP contribution in [0.3, 0.4) is 0 Å². The first kappa shape index (κ1) is 21.0. The molecule has 1 fully saturated rings. The second-order valence-electron chi connectivity index (χ2n) is 8.74. The van der Waals surface area contributed by atoms with Gasteiger partial charge in [0.15, 0.2) is 0 Å². The zero-order chi connectivity index (χ0) is 23.4. The minimum Gasteiger partial charge on any atom is -0.373 e. The molecule has 10 nitrogen and oxygen atoms in total. The summed E-state index contributed by atoms with van der Waals surface area (Å²) in [6, 6.07) is 3.70. The molecule has 0 spiro atoms. The van der Waals surface area contributed by atoms with E-state index in [4.69, 9.17) is 4.74 Å². The highest BCUT2D eigenvalue weighted by Gasteiger charge is 2.24. The van der Waals surface area contributed by atoms with Gasteiger partial charge in [-0.15, -0.1) is 11.3 Å². The van der Waals surface area contributed by atoms with Gasteiger partial charge in [-0.1, -0.05) is 0 Å². The first-order valence-electron chi connectivity index (χ1n) is 11.1. The molecule has 0 aromatic carbocycles. The van der Waals surface area contributed by atoms with Crippen LogP contribution in [0.5, 0.6) is 0 Å². The number of morpholine rings is 1. The van der Waals surface area contributed by atoms with Crippen molar-refractivity contribution in [1.29, 1.82) is 0 Å². The third kappa shape index (κ3) is 3.67. The summed E-state index contributed by atoms with van der Waals surface area (Å²) in [5, 5.41) is 8.05. The van der Waals surface area contributed by atoms with Gasteiger partial charge in [0.25, 0.3) is 5.56 Å². The molecular formula is C23H23N7O3S. The summed E-state index contributed by atoms with van der Waals surface area (Å²) < 4.78 is 7.46. The Kier molecular flexibility index (Phi) is 4.97. The number of thiazole rings is 1. The third-order valence-corrected chi connectivity index (χ3v) is 7.07. The van der Waals surface area contributed by atoms with Crippen molar-refractivity contribution in [3.63, 3.8) is 0 Å². The Morgan fingerprint density at radius 3 is 2.88 bits per heavy atom. The lowest BCUT2D eigenvalue weighted by Crippen LogP contribution is -2.48. The molecular weight excluding hydrogens is 454 g/mol. The van der Waals surface area contributed by atoms with E-state index in [1.807, 2.05) is 38.5 Å². The second kappa shape index (κ2) is 8.05. The maximum atomic E-state index is 13.0. The molecule has 1 amide bonds. The van der Waals surface area contributed by atoms with Crippen molar-refractivity contribution in [2.75, 3.05) is 25.0 Å². The van der Waals surface area contributed by atoms with E-state index in [1.165, 1.54) is 11.3 Å².